The maximum atomic E-state index is 12.8. The van der Waals surface area contributed by atoms with Gasteiger partial charge in [-0.05, 0) is 35.9 Å². The Morgan fingerprint density at radius 3 is 2.77 bits per heavy atom. The summed E-state index contributed by atoms with van der Waals surface area (Å²) in [6.45, 7) is 0.0769. The first-order chi connectivity index (χ1) is 15.0. The van der Waals surface area contributed by atoms with Crippen LogP contribution in [0.5, 0.6) is 0 Å². The van der Waals surface area contributed by atoms with Gasteiger partial charge in [0.05, 0.1) is 12.2 Å². The van der Waals surface area contributed by atoms with Gasteiger partial charge in [0.15, 0.2) is 0 Å². The van der Waals surface area contributed by atoms with E-state index in [1.54, 1.807) is 24.3 Å². The van der Waals surface area contributed by atoms with Crippen LogP contribution in [-0.4, -0.2) is 16.9 Å². The number of aliphatic hydroxyl groups excluding tert-OH is 1. The number of rotatable bonds is 3. The lowest BCUT2D eigenvalue weighted by molar-refractivity contribution is -0.110. The Morgan fingerprint density at radius 2 is 1.94 bits per heavy atom. The van der Waals surface area contributed by atoms with E-state index in [1.807, 2.05) is 30.3 Å². The zero-order valence-corrected chi connectivity index (χ0v) is 16.4. The molecule has 5 N–H and O–H groups in total. The summed E-state index contributed by atoms with van der Waals surface area (Å²) >= 11 is 0. The highest BCUT2D eigenvalue weighted by Gasteiger charge is 2.32. The number of carbonyl (C=O) groups excluding carboxylic acids is 2. The summed E-state index contributed by atoms with van der Waals surface area (Å²) in [6, 6.07) is 17.7. The van der Waals surface area contributed by atoms with Gasteiger partial charge in [0.2, 0.25) is 0 Å². The first-order valence-corrected chi connectivity index (χ1v) is 9.77. The number of carbonyl (C=O) groups is 2. The van der Waals surface area contributed by atoms with Crippen molar-refractivity contribution >= 4 is 40.2 Å². The lowest BCUT2D eigenvalue weighted by Gasteiger charge is -2.11. The van der Waals surface area contributed by atoms with E-state index in [4.69, 9.17) is 10.5 Å². The average molecular weight is 413 g/mol. The molecule has 31 heavy (non-hydrogen) atoms. The minimum Gasteiger partial charge on any atom is -0.487 e. The van der Waals surface area contributed by atoms with E-state index in [0.717, 1.165) is 22.4 Å². The number of nitrogens with two attached hydrogens (primary N) is 1. The molecule has 0 spiro atoms. The van der Waals surface area contributed by atoms with Crippen LogP contribution >= 0.6 is 0 Å². The summed E-state index contributed by atoms with van der Waals surface area (Å²) in [6.07, 6.45) is 0. The predicted octanol–water partition coefficient (Wildman–Crippen LogP) is 3.36. The van der Waals surface area contributed by atoms with E-state index < -0.39 is 0 Å². The van der Waals surface area contributed by atoms with E-state index in [9.17, 15) is 14.7 Å². The number of hydrogen-bond acceptors (Lipinski definition) is 5. The highest BCUT2D eigenvalue weighted by atomic mass is 16.5. The number of benzene rings is 3. The molecule has 2 aliphatic rings. The van der Waals surface area contributed by atoms with Gasteiger partial charge in [0, 0.05) is 39.3 Å². The third kappa shape index (κ3) is 3.21. The number of para-hydroxylation sites is 1. The molecular weight excluding hydrogens is 394 g/mol. The zero-order valence-electron chi connectivity index (χ0n) is 16.4. The molecule has 7 nitrogen and oxygen atoms in total. The third-order valence-corrected chi connectivity index (χ3v) is 5.43. The van der Waals surface area contributed by atoms with Crippen LogP contribution in [0.1, 0.15) is 32.6 Å². The van der Waals surface area contributed by atoms with Crippen molar-refractivity contribution in [3.8, 4) is 0 Å². The Balaban J connectivity index is 1.52. The maximum absolute atomic E-state index is 12.8. The highest BCUT2D eigenvalue weighted by Crippen LogP contribution is 2.42. The van der Waals surface area contributed by atoms with Crippen LogP contribution < -0.4 is 16.4 Å². The second-order valence-corrected chi connectivity index (χ2v) is 7.39. The van der Waals surface area contributed by atoms with Gasteiger partial charge in [0.25, 0.3) is 11.8 Å². The van der Waals surface area contributed by atoms with E-state index >= 15 is 0 Å². The van der Waals surface area contributed by atoms with Gasteiger partial charge < -0.3 is 26.2 Å². The second-order valence-electron chi connectivity index (χ2n) is 7.39. The van der Waals surface area contributed by atoms with Crippen molar-refractivity contribution in [3.63, 3.8) is 0 Å². The maximum Gasteiger partial charge on any atom is 0.260 e. The fourth-order valence-electron chi connectivity index (χ4n) is 3.91. The van der Waals surface area contributed by atoms with E-state index in [1.165, 1.54) is 6.07 Å². The zero-order chi connectivity index (χ0) is 21.5. The molecule has 2 aliphatic heterocycles. The number of aliphatic hydroxyl groups is 1. The summed E-state index contributed by atoms with van der Waals surface area (Å²) in [4.78, 5) is 25.4. The predicted molar refractivity (Wildman–Crippen MR) is 118 cm³/mol. The molecule has 2 heterocycles. The SMILES string of the molecule is Nc1ccc(CO)c(C(=O)Nc2ccc3c(c2)/C(=C2/C(=O)Nc4ccccc42)OC3)c1. The molecule has 7 heteroatoms. The molecular formula is C24H19N3O4. The lowest BCUT2D eigenvalue weighted by Crippen LogP contribution is -2.15. The van der Waals surface area contributed by atoms with Crippen molar-refractivity contribution in [3.05, 3.63) is 88.5 Å². The molecule has 5 rings (SSSR count). The van der Waals surface area contributed by atoms with Crippen molar-refractivity contribution in [2.45, 2.75) is 13.2 Å². The molecule has 3 aromatic rings. The second kappa shape index (κ2) is 7.30. The molecule has 0 bridgehead atoms. The molecule has 0 unspecified atom stereocenters. The Hall–Kier alpha value is -4.10. The minimum absolute atomic E-state index is 0.217. The van der Waals surface area contributed by atoms with E-state index in [-0.39, 0.29) is 18.4 Å². The van der Waals surface area contributed by atoms with Gasteiger partial charge in [-0.15, -0.1) is 0 Å². The molecule has 0 radical (unpaired) electrons. The van der Waals surface area contributed by atoms with Crippen molar-refractivity contribution in [1.82, 2.24) is 0 Å². The largest absolute Gasteiger partial charge is 0.487 e. The third-order valence-electron chi connectivity index (χ3n) is 5.43. The Bertz CT molecular complexity index is 1280. The van der Waals surface area contributed by atoms with Crippen LogP contribution in [0, 0.1) is 0 Å². The molecule has 0 aliphatic carbocycles. The van der Waals surface area contributed by atoms with Gasteiger partial charge in [0.1, 0.15) is 12.4 Å². The molecule has 154 valence electrons. The van der Waals surface area contributed by atoms with Crippen molar-refractivity contribution in [2.75, 3.05) is 16.4 Å². The van der Waals surface area contributed by atoms with Crippen LogP contribution in [0.25, 0.3) is 11.3 Å². The molecule has 2 amide bonds. The number of nitrogens with one attached hydrogen (secondary N) is 2. The molecule has 0 aromatic heterocycles. The fourth-order valence-corrected chi connectivity index (χ4v) is 3.91. The molecule has 0 atom stereocenters. The molecule has 0 saturated heterocycles. The Kier molecular flexibility index (Phi) is 4.45. The Labute approximate surface area is 178 Å². The summed E-state index contributed by atoms with van der Waals surface area (Å²) in [7, 11) is 0. The quantitative estimate of drug-likeness (QED) is 0.388. The number of nitrogen functional groups attached to an aromatic ring is 1. The average Bonchev–Trinajstić information content (AvgIpc) is 3.32. The number of hydrogen-bond donors (Lipinski definition) is 4. The molecule has 3 aromatic carbocycles. The van der Waals surface area contributed by atoms with Crippen LogP contribution in [-0.2, 0) is 22.7 Å². The lowest BCUT2D eigenvalue weighted by atomic mass is 10.00. The highest BCUT2D eigenvalue weighted by molar-refractivity contribution is 6.36. The van der Waals surface area contributed by atoms with Crippen molar-refractivity contribution in [1.29, 1.82) is 0 Å². The topological polar surface area (TPSA) is 114 Å². The number of amides is 2. The van der Waals surface area contributed by atoms with Crippen LogP contribution in [0.3, 0.4) is 0 Å². The van der Waals surface area contributed by atoms with Crippen molar-refractivity contribution in [2.24, 2.45) is 0 Å². The smallest absolute Gasteiger partial charge is 0.260 e. The van der Waals surface area contributed by atoms with Gasteiger partial charge in [-0.1, -0.05) is 30.3 Å². The number of ether oxygens (including phenoxy) is 1. The van der Waals surface area contributed by atoms with Gasteiger partial charge in [-0.3, -0.25) is 9.59 Å². The summed E-state index contributed by atoms with van der Waals surface area (Å²) in [5.74, 6) is -0.104. The van der Waals surface area contributed by atoms with Crippen LogP contribution in [0.15, 0.2) is 60.7 Å². The summed E-state index contributed by atoms with van der Waals surface area (Å²) in [5.41, 5.74) is 11.3. The van der Waals surface area contributed by atoms with Crippen molar-refractivity contribution < 1.29 is 19.4 Å². The Morgan fingerprint density at radius 1 is 1.10 bits per heavy atom. The first kappa shape index (κ1) is 18.9. The molecule has 0 saturated carbocycles. The van der Waals surface area contributed by atoms with E-state index in [0.29, 0.717) is 40.4 Å². The number of anilines is 3. The molecule has 0 fully saturated rings. The van der Waals surface area contributed by atoms with E-state index in [2.05, 4.69) is 10.6 Å². The summed E-state index contributed by atoms with van der Waals surface area (Å²) < 4.78 is 5.89. The fraction of sp³-hybridized carbons (Fsp3) is 0.0833. The number of fused-ring (bicyclic) bond motifs is 2. The standard InChI is InChI=1S/C24H19N3O4/c25-15-7-5-13(11-28)19(9-15)23(29)26-16-8-6-14-12-31-22(18(14)10-16)21-17-3-1-2-4-20(17)27-24(21)30/h1-10,28H,11-12,25H2,(H,26,29)(H,27,30)/b22-21-. The first-order valence-electron chi connectivity index (χ1n) is 9.77. The van der Waals surface area contributed by atoms with Gasteiger partial charge in [-0.2, -0.15) is 0 Å². The minimum atomic E-state index is -0.381. The van der Waals surface area contributed by atoms with Gasteiger partial charge in [-0.25, -0.2) is 0 Å². The van der Waals surface area contributed by atoms with Crippen LogP contribution in [0.4, 0.5) is 17.1 Å². The monoisotopic (exact) mass is 413 g/mol. The van der Waals surface area contributed by atoms with Crippen LogP contribution in [0.2, 0.25) is 0 Å². The van der Waals surface area contributed by atoms with Gasteiger partial charge >= 0.3 is 0 Å². The summed E-state index contributed by atoms with van der Waals surface area (Å²) in [5, 5.41) is 15.2. The normalized spacial score (nSPS) is 16.4.